The summed E-state index contributed by atoms with van der Waals surface area (Å²) in [7, 11) is 0. The van der Waals surface area contributed by atoms with Gasteiger partial charge >= 0.3 is 12.0 Å². The Morgan fingerprint density at radius 1 is 1.53 bits per heavy atom. The van der Waals surface area contributed by atoms with Gasteiger partial charge in [0, 0.05) is 0 Å². The lowest BCUT2D eigenvalue weighted by Crippen LogP contribution is -2.61. The van der Waals surface area contributed by atoms with Crippen LogP contribution in [0.5, 0.6) is 0 Å². The first kappa shape index (κ1) is 14.9. The number of rotatable bonds is 4. The molecule has 0 aromatic heterocycles. The van der Waals surface area contributed by atoms with Crippen molar-refractivity contribution in [3.05, 3.63) is 0 Å². The van der Waals surface area contributed by atoms with Gasteiger partial charge in [0.1, 0.15) is 18.6 Å². The van der Waals surface area contributed by atoms with Crippen LogP contribution in [0.25, 0.3) is 0 Å². The van der Waals surface area contributed by atoms with E-state index in [0.29, 0.717) is 6.42 Å². The Labute approximate surface area is 110 Å². The van der Waals surface area contributed by atoms with E-state index in [-0.39, 0.29) is 13.0 Å². The van der Waals surface area contributed by atoms with E-state index in [2.05, 4.69) is 10.6 Å². The van der Waals surface area contributed by atoms with Crippen LogP contribution in [0, 0.1) is 0 Å². The first-order valence-electron chi connectivity index (χ1n) is 6.00. The molecule has 1 fully saturated rings. The molecule has 1 rings (SSSR count). The molecule has 3 N–H and O–H groups in total. The summed E-state index contributed by atoms with van der Waals surface area (Å²) < 4.78 is 0. The van der Waals surface area contributed by atoms with Crippen molar-refractivity contribution in [2.45, 2.75) is 38.8 Å². The zero-order valence-corrected chi connectivity index (χ0v) is 10.8. The number of amides is 4. The molecule has 19 heavy (non-hydrogen) atoms. The van der Waals surface area contributed by atoms with Crippen LogP contribution < -0.4 is 10.6 Å². The predicted octanol–water partition coefficient (Wildman–Crippen LogP) is -0.704. The molecule has 4 amide bonds. The summed E-state index contributed by atoms with van der Waals surface area (Å²) >= 11 is 0. The Morgan fingerprint density at radius 2 is 2.16 bits per heavy atom. The molecule has 1 aliphatic rings. The lowest BCUT2D eigenvalue weighted by atomic mass is 10.1. The SMILES string of the molecule is CCC[C@H](NC(=O)N1CC(=O)NC(=O)C1C)C(=O)O. The molecule has 0 spiro atoms. The zero-order valence-electron chi connectivity index (χ0n) is 10.8. The van der Waals surface area contributed by atoms with Crippen molar-refractivity contribution in [3.63, 3.8) is 0 Å². The highest BCUT2D eigenvalue weighted by Crippen LogP contribution is 2.06. The molecule has 0 aromatic rings. The van der Waals surface area contributed by atoms with Crippen LogP contribution in [-0.4, -0.2) is 52.4 Å². The second-order valence-electron chi connectivity index (χ2n) is 4.35. The van der Waals surface area contributed by atoms with Gasteiger partial charge in [-0.1, -0.05) is 13.3 Å². The number of hydrogen-bond donors (Lipinski definition) is 3. The van der Waals surface area contributed by atoms with Crippen molar-refractivity contribution in [2.75, 3.05) is 6.54 Å². The highest BCUT2D eigenvalue weighted by molar-refractivity contribution is 6.04. The molecular formula is C11H17N3O5. The number of nitrogens with zero attached hydrogens (tertiary/aromatic N) is 1. The van der Waals surface area contributed by atoms with Gasteiger partial charge in [-0.2, -0.15) is 0 Å². The second-order valence-corrected chi connectivity index (χ2v) is 4.35. The van der Waals surface area contributed by atoms with E-state index in [9.17, 15) is 19.2 Å². The van der Waals surface area contributed by atoms with E-state index < -0.39 is 35.9 Å². The van der Waals surface area contributed by atoms with Crippen LogP contribution in [0.3, 0.4) is 0 Å². The van der Waals surface area contributed by atoms with Crippen LogP contribution >= 0.6 is 0 Å². The van der Waals surface area contributed by atoms with E-state index in [1.807, 2.05) is 0 Å². The minimum Gasteiger partial charge on any atom is -0.480 e. The van der Waals surface area contributed by atoms with Gasteiger partial charge in [-0.15, -0.1) is 0 Å². The van der Waals surface area contributed by atoms with Gasteiger partial charge in [0.05, 0.1) is 0 Å². The molecule has 1 saturated heterocycles. The highest BCUT2D eigenvalue weighted by Gasteiger charge is 2.34. The number of carboxylic acids is 1. The van der Waals surface area contributed by atoms with Crippen LogP contribution in [0.1, 0.15) is 26.7 Å². The van der Waals surface area contributed by atoms with Crippen molar-refractivity contribution in [3.8, 4) is 0 Å². The lowest BCUT2D eigenvalue weighted by Gasteiger charge is -2.32. The topological polar surface area (TPSA) is 116 Å². The summed E-state index contributed by atoms with van der Waals surface area (Å²) in [6.45, 7) is 3.00. The standard InChI is InChI=1S/C11H17N3O5/c1-3-4-7(10(17)18)12-11(19)14-5-8(15)13-9(16)6(14)2/h6-7H,3-5H2,1-2H3,(H,12,19)(H,17,18)(H,13,15,16)/t6?,7-/m0/s1. The fourth-order valence-corrected chi connectivity index (χ4v) is 1.74. The second kappa shape index (κ2) is 6.17. The van der Waals surface area contributed by atoms with Gasteiger partial charge < -0.3 is 15.3 Å². The van der Waals surface area contributed by atoms with E-state index in [0.717, 1.165) is 4.90 Å². The monoisotopic (exact) mass is 271 g/mol. The zero-order chi connectivity index (χ0) is 14.6. The van der Waals surface area contributed by atoms with Gasteiger partial charge in [-0.05, 0) is 13.3 Å². The number of urea groups is 1. The van der Waals surface area contributed by atoms with Crippen molar-refractivity contribution >= 4 is 23.8 Å². The third-order valence-electron chi connectivity index (χ3n) is 2.86. The number of carbonyl (C=O) groups is 4. The summed E-state index contributed by atoms with van der Waals surface area (Å²) in [6.07, 6.45) is 0.871. The van der Waals surface area contributed by atoms with Crippen molar-refractivity contribution in [1.29, 1.82) is 0 Å². The summed E-state index contributed by atoms with van der Waals surface area (Å²) in [5, 5.41) is 13.4. The molecule has 0 radical (unpaired) electrons. The average Bonchev–Trinajstić information content (AvgIpc) is 2.32. The number of carboxylic acid groups (broad SMARTS) is 1. The first-order valence-corrected chi connectivity index (χ1v) is 6.00. The van der Waals surface area contributed by atoms with Gasteiger partial charge in [0.15, 0.2) is 0 Å². The molecule has 0 bridgehead atoms. The van der Waals surface area contributed by atoms with E-state index in [1.54, 1.807) is 6.92 Å². The molecule has 0 aliphatic carbocycles. The third-order valence-corrected chi connectivity index (χ3v) is 2.86. The van der Waals surface area contributed by atoms with Crippen LogP contribution in [0.2, 0.25) is 0 Å². The van der Waals surface area contributed by atoms with Crippen molar-refractivity contribution in [1.82, 2.24) is 15.5 Å². The average molecular weight is 271 g/mol. The maximum absolute atomic E-state index is 11.9. The highest BCUT2D eigenvalue weighted by atomic mass is 16.4. The molecule has 1 aliphatic heterocycles. The number of carbonyl (C=O) groups excluding carboxylic acids is 3. The van der Waals surface area contributed by atoms with Crippen molar-refractivity contribution < 1.29 is 24.3 Å². The number of nitrogens with one attached hydrogen (secondary N) is 2. The van der Waals surface area contributed by atoms with Crippen molar-refractivity contribution in [2.24, 2.45) is 0 Å². The van der Waals surface area contributed by atoms with Gasteiger partial charge in [0.25, 0.3) is 0 Å². The fourth-order valence-electron chi connectivity index (χ4n) is 1.74. The fraction of sp³-hybridized carbons (Fsp3) is 0.636. The Hall–Kier alpha value is -2.12. The predicted molar refractivity (Wildman–Crippen MR) is 64.2 cm³/mol. The molecule has 8 heteroatoms. The molecule has 0 saturated carbocycles. The van der Waals surface area contributed by atoms with E-state index in [1.165, 1.54) is 6.92 Å². The first-order chi connectivity index (χ1) is 8.86. The summed E-state index contributed by atoms with van der Waals surface area (Å²) in [6, 6.07) is -2.56. The molecular weight excluding hydrogens is 254 g/mol. The molecule has 1 unspecified atom stereocenters. The normalized spacial score (nSPS) is 20.7. The molecule has 1 heterocycles. The Balaban J connectivity index is 2.72. The number of piperazine rings is 1. The van der Waals surface area contributed by atoms with Crippen LogP contribution in [0.4, 0.5) is 4.79 Å². The summed E-state index contributed by atoms with van der Waals surface area (Å²) in [5.74, 6) is -2.30. The van der Waals surface area contributed by atoms with Gasteiger partial charge in [-0.3, -0.25) is 14.9 Å². The van der Waals surface area contributed by atoms with Gasteiger partial charge in [-0.25, -0.2) is 9.59 Å². The van der Waals surface area contributed by atoms with Crippen LogP contribution in [0.15, 0.2) is 0 Å². The molecule has 8 nitrogen and oxygen atoms in total. The number of hydrogen-bond acceptors (Lipinski definition) is 4. The smallest absolute Gasteiger partial charge is 0.326 e. The minimum absolute atomic E-state index is 0.267. The Bertz CT molecular complexity index is 409. The van der Waals surface area contributed by atoms with Gasteiger partial charge in [0.2, 0.25) is 11.8 Å². The molecule has 106 valence electrons. The van der Waals surface area contributed by atoms with E-state index >= 15 is 0 Å². The number of aliphatic carboxylic acids is 1. The maximum Gasteiger partial charge on any atom is 0.326 e. The molecule has 0 aromatic carbocycles. The Morgan fingerprint density at radius 3 is 2.68 bits per heavy atom. The van der Waals surface area contributed by atoms with Crippen LogP contribution in [-0.2, 0) is 14.4 Å². The Kier molecular flexibility index (Phi) is 4.85. The summed E-state index contributed by atoms with van der Waals surface area (Å²) in [4.78, 5) is 46.5. The van der Waals surface area contributed by atoms with E-state index in [4.69, 9.17) is 5.11 Å². The minimum atomic E-state index is -1.14. The maximum atomic E-state index is 11.9. The molecule has 2 atom stereocenters. The third kappa shape index (κ3) is 3.67. The number of imide groups is 1. The quantitative estimate of drug-likeness (QED) is 0.584. The summed E-state index contributed by atoms with van der Waals surface area (Å²) in [5.41, 5.74) is 0. The lowest BCUT2D eigenvalue weighted by molar-refractivity contribution is -0.139. The largest absolute Gasteiger partial charge is 0.480 e.